The van der Waals surface area contributed by atoms with E-state index in [9.17, 15) is 10.2 Å². The van der Waals surface area contributed by atoms with E-state index in [1.54, 1.807) is 6.07 Å². The molecular formula is C18H14O2. The molecule has 3 rings (SSSR count). The number of benzene rings is 3. The number of hydrogen-bond donors (Lipinski definition) is 2. The van der Waals surface area contributed by atoms with E-state index in [1.165, 1.54) is 22.9 Å². The Hall–Kier alpha value is -2.74. The van der Waals surface area contributed by atoms with Crippen molar-refractivity contribution >= 4 is 22.9 Å². The Morgan fingerprint density at radius 1 is 0.700 bits per heavy atom. The highest BCUT2D eigenvalue weighted by atomic mass is 16.3. The number of rotatable bonds is 2. The van der Waals surface area contributed by atoms with Crippen LogP contribution in [0, 0.1) is 0 Å². The molecule has 0 fully saturated rings. The minimum atomic E-state index is -0.106. The van der Waals surface area contributed by atoms with Crippen LogP contribution in [0.2, 0.25) is 0 Å². The molecule has 3 aromatic carbocycles. The summed E-state index contributed by atoms with van der Waals surface area (Å²) in [6.07, 6.45) is 3.93. The van der Waals surface area contributed by atoms with Gasteiger partial charge in [-0.1, -0.05) is 60.7 Å². The van der Waals surface area contributed by atoms with Gasteiger partial charge in [-0.25, -0.2) is 0 Å². The molecule has 0 saturated heterocycles. The molecule has 0 unspecified atom stereocenters. The van der Waals surface area contributed by atoms with Crippen molar-refractivity contribution in [2.24, 2.45) is 0 Å². The van der Waals surface area contributed by atoms with Gasteiger partial charge in [0.15, 0.2) is 11.5 Å². The molecule has 3 aromatic rings. The smallest absolute Gasteiger partial charge is 0.157 e. The third kappa shape index (κ3) is 2.36. The molecular weight excluding hydrogens is 248 g/mol. The molecule has 98 valence electrons. The van der Waals surface area contributed by atoms with Gasteiger partial charge >= 0.3 is 0 Å². The molecule has 2 nitrogen and oxygen atoms in total. The summed E-state index contributed by atoms with van der Waals surface area (Å²) in [6.45, 7) is 0. The number of hydrogen-bond acceptors (Lipinski definition) is 2. The first-order valence-electron chi connectivity index (χ1n) is 6.42. The second kappa shape index (κ2) is 5.10. The minimum Gasteiger partial charge on any atom is -0.504 e. The summed E-state index contributed by atoms with van der Waals surface area (Å²) in [4.78, 5) is 0. The van der Waals surface area contributed by atoms with Crippen LogP contribution in [0.3, 0.4) is 0 Å². The lowest BCUT2D eigenvalue weighted by Crippen LogP contribution is -1.78. The number of aromatic hydroxyl groups is 2. The van der Waals surface area contributed by atoms with Gasteiger partial charge in [-0.2, -0.15) is 0 Å². The molecule has 0 aliphatic heterocycles. The van der Waals surface area contributed by atoms with Gasteiger partial charge in [0.25, 0.3) is 0 Å². The van der Waals surface area contributed by atoms with E-state index >= 15 is 0 Å². The number of phenolic OH excluding ortho intramolecular Hbond substituents is 2. The molecule has 0 amide bonds. The Balaban J connectivity index is 2.00. The molecule has 0 heterocycles. The van der Waals surface area contributed by atoms with E-state index in [-0.39, 0.29) is 11.5 Å². The maximum absolute atomic E-state index is 9.49. The highest BCUT2D eigenvalue weighted by Gasteiger charge is 1.99. The fourth-order valence-corrected chi connectivity index (χ4v) is 2.23. The van der Waals surface area contributed by atoms with Crippen molar-refractivity contribution in [2.75, 3.05) is 0 Å². The SMILES string of the molecule is Oc1ccc(/C=C/c2cccc3ccccc23)cc1O. The minimum absolute atomic E-state index is 0.104. The number of phenols is 2. The van der Waals surface area contributed by atoms with E-state index in [4.69, 9.17) is 0 Å². The van der Waals surface area contributed by atoms with Gasteiger partial charge < -0.3 is 10.2 Å². The normalized spacial score (nSPS) is 11.2. The third-order valence-electron chi connectivity index (χ3n) is 3.28. The van der Waals surface area contributed by atoms with E-state index < -0.39 is 0 Å². The van der Waals surface area contributed by atoms with E-state index in [2.05, 4.69) is 24.3 Å². The average Bonchev–Trinajstić information content (AvgIpc) is 2.48. The maximum Gasteiger partial charge on any atom is 0.157 e. The molecule has 20 heavy (non-hydrogen) atoms. The van der Waals surface area contributed by atoms with Crippen molar-refractivity contribution in [2.45, 2.75) is 0 Å². The summed E-state index contributed by atoms with van der Waals surface area (Å²) in [5.74, 6) is -0.211. The molecule has 0 saturated carbocycles. The predicted octanol–water partition coefficient (Wildman–Crippen LogP) is 4.42. The zero-order chi connectivity index (χ0) is 13.9. The maximum atomic E-state index is 9.49. The average molecular weight is 262 g/mol. The van der Waals surface area contributed by atoms with Gasteiger partial charge in [-0.3, -0.25) is 0 Å². The standard InChI is InChI=1S/C18H14O2/c19-17-11-9-13(12-18(17)20)8-10-15-6-3-5-14-4-1-2-7-16(14)15/h1-12,19-20H/b10-8+. The first-order chi connectivity index (χ1) is 9.74. The highest BCUT2D eigenvalue weighted by Crippen LogP contribution is 2.26. The Bertz CT molecular complexity index is 783. The van der Waals surface area contributed by atoms with Crippen LogP contribution in [0.5, 0.6) is 11.5 Å². The first kappa shape index (κ1) is 12.3. The van der Waals surface area contributed by atoms with Crippen molar-refractivity contribution in [3.63, 3.8) is 0 Å². The molecule has 0 bridgehead atoms. The Morgan fingerprint density at radius 2 is 1.50 bits per heavy atom. The summed E-state index contributed by atoms with van der Waals surface area (Å²) in [6, 6.07) is 19.2. The molecule has 0 aliphatic carbocycles. The lowest BCUT2D eigenvalue weighted by Gasteiger charge is -2.02. The van der Waals surface area contributed by atoms with E-state index in [0.717, 1.165) is 11.1 Å². The lowest BCUT2D eigenvalue weighted by atomic mass is 10.0. The second-order valence-electron chi connectivity index (χ2n) is 4.65. The topological polar surface area (TPSA) is 40.5 Å². The van der Waals surface area contributed by atoms with Gasteiger partial charge in [0.1, 0.15) is 0 Å². The van der Waals surface area contributed by atoms with Crippen LogP contribution in [-0.2, 0) is 0 Å². The van der Waals surface area contributed by atoms with Crippen molar-refractivity contribution in [1.29, 1.82) is 0 Å². The molecule has 0 radical (unpaired) electrons. The zero-order valence-electron chi connectivity index (χ0n) is 10.8. The van der Waals surface area contributed by atoms with Crippen LogP contribution in [0.4, 0.5) is 0 Å². The van der Waals surface area contributed by atoms with Gasteiger partial charge in [0.2, 0.25) is 0 Å². The molecule has 2 N–H and O–H groups in total. The fourth-order valence-electron chi connectivity index (χ4n) is 2.23. The molecule has 0 atom stereocenters. The molecule has 0 aliphatic rings. The molecule has 0 aromatic heterocycles. The lowest BCUT2D eigenvalue weighted by molar-refractivity contribution is 0.403. The Kier molecular flexibility index (Phi) is 3.13. The number of fused-ring (bicyclic) bond motifs is 1. The van der Waals surface area contributed by atoms with Crippen LogP contribution in [-0.4, -0.2) is 10.2 Å². The van der Waals surface area contributed by atoms with Crippen LogP contribution >= 0.6 is 0 Å². The fraction of sp³-hybridized carbons (Fsp3) is 0. The summed E-state index contributed by atoms with van der Waals surface area (Å²) in [5, 5.41) is 21.2. The monoisotopic (exact) mass is 262 g/mol. The van der Waals surface area contributed by atoms with Crippen molar-refractivity contribution in [3.8, 4) is 11.5 Å². The Morgan fingerprint density at radius 3 is 2.35 bits per heavy atom. The highest BCUT2D eigenvalue weighted by molar-refractivity contribution is 5.92. The molecule has 2 heteroatoms. The van der Waals surface area contributed by atoms with Crippen molar-refractivity contribution in [1.82, 2.24) is 0 Å². The van der Waals surface area contributed by atoms with Crippen LogP contribution in [0.15, 0.2) is 60.7 Å². The summed E-state index contributed by atoms with van der Waals surface area (Å²) < 4.78 is 0. The van der Waals surface area contributed by atoms with Gasteiger partial charge in [0.05, 0.1) is 0 Å². The van der Waals surface area contributed by atoms with Gasteiger partial charge in [0, 0.05) is 0 Å². The van der Waals surface area contributed by atoms with Crippen LogP contribution in [0.1, 0.15) is 11.1 Å². The summed E-state index contributed by atoms with van der Waals surface area (Å²) >= 11 is 0. The first-order valence-corrected chi connectivity index (χ1v) is 6.42. The van der Waals surface area contributed by atoms with E-state index in [1.807, 2.05) is 30.4 Å². The van der Waals surface area contributed by atoms with Gasteiger partial charge in [-0.05, 0) is 34.0 Å². The quantitative estimate of drug-likeness (QED) is 0.530. The second-order valence-corrected chi connectivity index (χ2v) is 4.65. The van der Waals surface area contributed by atoms with E-state index in [0.29, 0.717) is 0 Å². The predicted molar refractivity (Wildman–Crippen MR) is 82.6 cm³/mol. The van der Waals surface area contributed by atoms with Crippen molar-refractivity contribution < 1.29 is 10.2 Å². The Labute approximate surface area is 117 Å². The molecule has 0 spiro atoms. The van der Waals surface area contributed by atoms with Crippen LogP contribution in [0.25, 0.3) is 22.9 Å². The third-order valence-corrected chi connectivity index (χ3v) is 3.28. The van der Waals surface area contributed by atoms with Crippen LogP contribution < -0.4 is 0 Å². The zero-order valence-corrected chi connectivity index (χ0v) is 10.8. The summed E-state index contributed by atoms with van der Waals surface area (Å²) in [7, 11) is 0. The largest absolute Gasteiger partial charge is 0.504 e. The van der Waals surface area contributed by atoms with Crippen molar-refractivity contribution in [3.05, 3.63) is 71.8 Å². The van der Waals surface area contributed by atoms with Gasteiger partial charge in [-0.15, -0.1) is 0 Å². The summed E-state index contributed by atoms with van der Waals surface area (Å²) in [5.41, 5.74) is 1.96.